The molecule has 1 N–H and O–H groups in total. The molecule has 202 valence electrons. The Morgan fingerprint density at radius 1 is 1.05 bits per heavy atom. The highest BCUT2D eigenvalue weighted by molar-refractivity contribution is 5.77. The standard InChI is InChI=1S/C28H31N7O4/c1-20-25(15-31-32-28(20)37)35-16-22-3-2-4-23(24(22)17-35)18-38-11-12-39-19-27(36)34-9-7-33(8-10-34)26-6-5-21(13-29)14-30-26/h2-6,14-15H,7-12,16-19H2,1H3,(H,32,37). The number of carbonyl (C=O) groups is 1. The second-order valence-corrected chi connectivity index (χ2v) is 9.61. The molecule has 1 saturated heterocycles. The van der Waals surface area contributed by atoms with E-state index in [1.165, 1.54) is 11.1 Å². The number of benzene rings is 1. The predicted molar refractivity (Wildman–Crippen MR) is 144 cm³/mol. The first kappa shape index (κ1) is 26.3. The monoisotopic (exact) mass is 529 g/mol. The first-order chi connectivity index (χ1) is 19.0. The third kappa shape index (κ3) is 6.08. The summed E-state index contributed by atoms with van der Waals surface area (Å²) in [4.78, 5) is 34.9. The van der Waals surface area contributed by atoms with Gasteiger partial charge in [-0.05, 0) is 35.7 Å². The van der Waals surface area contributed by atoms with Gasteiger partial charge in [-0.15, -0.1) is 0 Å². The molecule has 2 aliphatic heterocycles. The maximum Gasteiger partial charge on any atom is 0.269 e. The number of rotatable bonds is 9. The van der Waals surface area contributed by atoms with E-state index in [-0.39, 0.29) is 18.1 Å². The fourth-order valence-corrected chi connectivity index (χ4v) is 4.94. The summed E-state index contributed by atoms with van der Waals surface area (Å²) in [6, 6.07) is 11.8. The van der Waals surface area contributed by atoms with Crippen LogP contribution in [0, 0.1) is 18.3 Å². The van der Waals surface area contributed by atoms with Gasteiger partial charge in [0.25, 0.3) is 5.56 Å². The van der Waals surface area contributed by atoms with E-state index in [9.17, 15) is 9.59 Å². The number of nitrogens with zero attached hydrogens (tertiary/aromatic N) is 6. The third-order valence-corrected chi connectivity index (χ3v) is 7.19. The number of ether oxygens (including phenoxy) is 2. The van der Waals surface area contributed by atoms with Crippen molar-refractivity contribution >= 4 is 17.4 Å². The van der Waals surface area contributed by atoms with Crippen LogP contribution in [0.25, 0.3) is 0 Å². The van der Waals surface area contributed by atoms with Crippen molar-refractivity contribution in [3.63, 3.8) is 0 Å². The molecule has 3 aromatic rings. The van der Waals surface area contributed by atoms with Crippen molar-refractivity contribution in [3.05, 3.63) is 80.9 Å². The van der Waals surface area contributed by atoms with Crippen molar-refractivity contribution in [3.8, 4) is 6.07 Å². The molecular formula is C28H31N7O4. The number of hydrogen-bond donors (Lipinski definition) is 1. The van der Waals surface area contributed by atoms with Crippen LogP contribution >= 0.6 is 0 Å². The summed E-state index contributed by atoms with van der Waals surface area (Å²) in [6.45, 7) is 6.99. The molecule has 0 aliphatic carbocycles. The number of aromatic amines is 1. The van der Waals surface area contributed by atoms with Crippen LogP contribution in [0.3, 0.4) is 0 Å². The van der Waals surface area contributed by atoms with Crippen LogP contribution < -0.4 is 15.4 Å². The first-order valence-electron chi connectivity index (χ1n) is 13.0. The normalized spacial score (nSPS) is 14.8. The Labute approximate surface area is 226 Å². The summed E-state index contributed by atoms with van der Waals surface area (Å²) in [7, 11) is 0. The highest BCUT2D eigenvalue weighted by Crippen LogP contribution is 2.31. The van der Waals surface area contributed by atoms with Gasteiger partial charge in [-0.2, -0.15) is 10.4 Å². The molecule has 11 nitrogen and oxygen atoms in total. The van der Waals surface area contributed by atoms with Crippen molar-refractivity contribution in [2.24, 2.45) is 0 Å². The Hall–Kier alpha value is -4.27. The quantitative estimate of drug-likeness (QED) is 0.412. The molecule has 11 heteroatoms. The molecule has 39 heavy (non-hydrogen) atoms. The van der Waals surface area contributed by atoms with Crippen LogP contribution in [0.4, 0.5) is 11.5 Å². The van der Waals surface area contributed by atoms with Crippen LogP contribution in [-0.4, -0.2) is 72.0 Å². The summed E-state index contributed by atoms with van der Waals surface area (Å²) in [6.07, 6.45) is 3.26. The van der Waals surface area contributed by atoms with E-state index in [2.05, 4.69) is 43.2 Å². The molecule has 1 fully saturated rings. The number of aromatic nitrogens is 3. The molecule has 2 aliphatic rings. The van der Waals surface area contributed by atoms with Gasteiger partial charge in [0.1, 0.15) is 18.5 Å². The van der Waals surface area contributed by atoms with E-state index in [1.54, 1.807) is 23.4 Å². The molecule has 0 spiro atoms. The lowest BCUT2D eigenvalue weighted by molar-refractivity contribution is -0.137. The second-order valence-electron chi connectivity index (χ2n) is 9.61. The highest BCUT2D eigenvalue weighted by Gasteiger charge is 2.24. The average Bonchev–Trinajstić information content (AvgIpc) is 3.41. The fourth-order valence-electron chi connectivity index (χ4n) is 4.94. The topological polar surface area (TPSA) is 128 Å². The summed E-state index contributed by atoms with van der Waals surface area (Å²) < 4.78 is 11.5. The Morgan fingerprint density at radius 3 is 2.64 bits per heavy atom. The third-order valence-electron chi connectivity index (χ3n) is 7.19. The number of anilines is 2. The molecule has 0 bridgehead atoms. The van der Waals surface area contributed by atoms with Crippen molar-refractivity contribution in [1.82, 2.24) is 20.1 Å². The number of H-pyrrole nitrogens is 1. The summed E-state index contributed by atoms with van der Waals surface area (Å²) in [5.74, 6) is 0.779. The van der Waals surface area contributed by atoms with Gasteiger partial charge in [0.2, 0.25) is 5.91 Å². The van der Waals surface area contributed by atoms with Crippen LogP contribution in [0.1, 0.15) is 27.8 Å². The van der Waals surface area contributed by atoms with Crippen LogP contribution in [0.5, 0.6) is 0 Å². The number of hydrogen-bond acceptors (Lipinski definition) is 9. The molecule has 2 aromatic heterocycles. The van der Waals surface area contributed by atoms with Gasteiger partial charge in [0, 0.05) is 51.0 Å². The van der Waals surface area contributed by atoms with Crippen molar-refractivity contribution < 1.29 is 14.3 Å². The molecule has 4 heterocycles. The van der Waals surface area contributed by atoms with Gasteiger partial charge in [0.05, 0.1) is 37.3 Å². The van der Waals surface area contributed by atoms with E-state index < -0.39 is 0 Å². The lowest BCUT2D eigenvalue weighted by Gasteiger charge is -2.35. The Balaban J connectivity index is 1.02. The molecule has 1 aromatic carbocycles. The molecule has 0 unspecified atom stereocenters. The zero-order chi connectivity index (χ0) is 27.2. The van der Waals surface area contributed by atoms with Gasteiger partial charge in [-0.25, -0.2) is 10.1 Å². The van der Waals surface area contributed by atoms with Crippen molar-refractivity contribution in [2.45, 2.75) is 26.6 Å². The van der Waals surface area contributed by atoms with E-state index in [4.69, 9.17) is 14.7 Å². The minimum atomic E-state index is -0.173. The predicted octanol–water partition coefficient (Wildman–Crippen LogP) is 1.75. The molecular weight excluding hydrogens is 498 g/mol. The van der Waals surface area contributed by atoms with Crippen LogP contribution in [0.2, 0.25) is 0 Å². The Morgan fingerprint density at radius 2 is 1.87 bits per heavy atom. The molecule has 0 saturated carbocycles. The number of carbonyl (C=O) groups excluding carboxylic acids is 1. The lowest BCUT2D eigenvalue weighted by atomic mass is 10.0. The van der Waals surface area contributed by atoms with E-state index in [1.807, 2.05) is 19.1 Å². The van der Waals surface area contributed by atoms with E-state index in [0.29, 0.717) is 63.7 Å². The van der Waals surface area contributed by atoms with E-state index in [0.717, 1.165) is 23.6 Å². The number of amides is 1. The van der Waals surface area contributed by atoms with Gasteiger partial charge in [-0.1, -0.05) is 18.2 Å². The molecule has 1 amide bonds. The van der Waals surface area contributed by atoms with Crippen LogP contribution in [-0.2, 0) is 34.0 Å². The summed E-state index contributed by atoms with van der Waals surface area (Å²) in [5, 5.41) is 15.4. The Kier molecular flexibility index (Phi) is 8.15. The van der Waals surface area contributed by atoms with Gasteiger partial charge in [-0.3, -0.25) is 9.59 Å². The number of fused-ring (bicyclic) bond motifs is 1. The Bertz CT molecular complexity index is 1410. The lowest BCUT2D eigenvalue weighted by Crippen LogP contribution is -2.50. The molecule has 0 radical (unpaired) electrons. The minimum absolute atomic E-state index is 0.0256. The van der Waals surface area contributed by atoms with Gasteiger partial charge < -0.3 is 24.2 Å². The van der Waals surface area contributed by atoms with Crippen molar-refractivity contribution in [2.75, 3.05) is 55.8 Å². The molecule has 5 rings (SSSR count). The van der Waals surface area contributed by atoms with Crippen molar-refractivity contribution in [1.29, 1.82) is 5.26 Å². The van der Waals surface area contributed by atoms with Crippen LogP contribution in [0.15, 0.2) is 47.5 Å². The maximum absolute atomic E-state index is 12.6. The largest absolute Gasteiger partial charge is 0.374 e. The number of pyridine rings is 1. The zero-order valence-corrected chi connectivity index (χ0v) is 21.9. The average molecular weight is 530 g/mol. The second kappa shape index (κ2) is 12.1. The molecule has 0 atom stereocenters. The van der Waals surface area contributed by atoms with E-state index >= 15 is 0 Å². The minimum Gasteiger partial charge on any atom is -0.374 e. The summed E-state index contributed by atoms with van der Waals surface area (Å²) >= 11 is 0. The number of nitrogens with one attached hydrogen (secondary N) is 1. The van der Waals surface area contributed by atoms with Gasteiger partial charge >= 0.3 is 0 Å². The van der Waals surface area contributed by atoms with Gasteiger partial charge in [0.15, 0.2) is 0 Å². The number of piperazine rings is 1. The summed E-state index contributed by atoms with van der Waals surface area (Å²) in [5.41, 5.74) is 5.39. The first-order valence-corrected chi connectivity index (χ1v) is 13.0. The number of nitriles is 1. The zero-order valence-electron chi connectivity index (χ0n) is 21.9. The smallest absolute Gasteiger partial charge is 0.269 e. The highest BCUT2D eigenvalue weighted by atomic mass is 16.5. The SMILES string of the molecule is Cc1c(N2Cc3cccc(COCCOCC(=O)N4CCN(c5ccc(C#N)cn5)CC4)c3C2)cn[nH]c1=O. The maximum atomic E-state index is 12.6. The fraction of sp³-hybridized carbons (Fsp3) is 0.393.